The van der Waals surface area contributed by atoms with Crippen LogP contribution in [-0.2, 0) is 14.3 Å². The Morgan fingerprint density at radius 2 is 1.89 bits per heavy atom. The second-order valence-electron chi connectivity index (χ2n) is 11.7. The van der Waals surface area contributed by atoms with Gasteiger partial charge in [0.15, 0.2) is 5.65 Å². The molecule has 17 heteroatoms. The number of aryl methyl sites for hydroxylation is 1. The third kappa shape index (κ3) is 7.00. The van der Waals surface area contributed by atoms with Gasteiger partial charge < -0.3 is 14.7 Å². The summed E-state index contributed by atoms with van der Waals surface area (Å²) >= 11 is 12.5. The number of hydrogen-bond donors (Lipinski definition) is 1. The van der Waals surface area contributed by atoms with Gasteiger partial charge in [-0.2, -0.15) is 27.1 Å². The minimum Gasteiger partial charge on any atom is -0.477 e. The third-order valence-corrected chi connectivity index (χ3v) is 9.23. The summed E-state index contributed by atoms with van der Waals surface area (Å²) < 4.78 is 73.8. The number of carboxylic acids is 1. The van der Waals surface area contributed by atoms with E-state index in [4.69, 9.17) is 33.3 Å². The number of carbonyl (C=O) groups is 2. The molecule has 2 aliphatic rings. The number of ether oxygens (including phenoxy) is 1. The van der Waals surface area contributed by atoms with Gasteiger partial charge in [-0.3, -0.25) is 4.90 Å². The molecule has 2 aliphatic heterocycles. The van der Waals surface area contributed by atoms with Crippen LogP contribution in [0.1, 0.15) is 49.9 Å². The molecule has 1 N–H and O–H groups in total. The fourth-order valence-electron chi connectivity index (χ4n) is 6.43. The van der Waals surface area contributed by atoms with Crippen molar-refractivity contribution in [1.29, 1.82) is 0 Å². The highest BCUT2D eigenvalue weighted by atomic mass is 35.5. The van der Waals surface area contributed by atoms with Gasteiger partial charge in [0.1, 0.15) is 11.3 Å². The molecule has 5 rings (SSSR count). The van der Waals surface area contributed by atoms with Crippen LogP contribution in [0, 0.1) is 12.8 Å². The van der Waals surface area contributed by atoms with Gasteiger partial charge >= 0.3 is 24.0 Å². The molecule has 0 saturated carbocycles. The first-order valence-electron chi connectivity index (χ1n) is 14.6. The van der Waals surface area contributed by atoms with Gasteiger partial charge in [-0.1, -0.05) is 29.3 Å². The van der Waals surface area contributed by atoms with Gasteiger partial charge in [0, 0.05) is 47.6 Å². The monoisotopic (exact) mass is 692 g/mol. The number of halogens is 7. The average Bonchev–Trinajstić information content (AvgIpc) is 3.57. The van der Waals surface area contributed by atoms with Crippen molar-refractivity contribution in [3.63, 3.8) is 0 Å². The van der Waals surface area contributed by atoms with E-state index in [1.807, 2.05) is 6.92 Å². The molecule has 0 spiro atoms. The van der Waals surface area contributed by atoms with Crippen molar-refractivity contribution >= 4 is 52.1 Å². The Kier molecular flexibility index (Phi) is 9.67. The average molecular weight is 694 g/mol. The molecular formula is C29H31Cl2F5N6O4. The van der Waals surface area contributed by atoms with Crippen LogP contribution in [0.4, 0.5) is 27.8 Å². The lowest BCUT2D eigenvalue weighted by Crippen LogP contribution is -2.55. The van der Waals surface area contributed by atoms with Crippen molar-refractivity contribution in [2.45, 2.75) is 69.8 Å². The van der Waals surface area contributed by atoms with E-state index in [1.54, 1.807) is 39.6 Å². The largest absolute Gasteiger partial charge is 0.490 e. The zero-order valence-corrected chi connectivity index (χ0v) is 26.3. The molecule has 0 amide bonds. The highest BCUT2D eigenvalue weighted by Gasteiger charge is 2.47. The lowest BCUT2D eigenvalue weighted by atomic mass is 9.90. The first kappa shape index (κ1) is 34.0. The predicted molar refractivity (Wildman–Crippen MR) is 158 cm³/mol. The zero-order valence-electron chi connectivity index (χ0n) is 24.8. The maximum absolute atomic E-state index is 14.2. The quantitative estimate of drug-likeness (QED) is 0.216. The molecule has 3 aromatic rings. The van der Waals surface area contributed by atoms with E-state index in [2.05, 4.69) is 14.8 Å². The maximum Gasteiger partial charge on any atom is 0.490 e. The van der Waals surface area contributed by atoms with Gasteiger partial charge in [0.05, 0.1) is 24.5 Å². The van der Waals surface area contributed by atoms with E-state index in [0.717, 1.165) is 5.56 Å². The molecule has 0 bridgehead atoms. The van der Waals surface area contributed by atoms with Crippen LogP contribution in [0.25, 0.3) is 11.2 Å². The summed E-state index contributed by atoms with van der Waals surface area (Å²) in [4.78, 5) is 35.7. The molecule has 2 fully saturated rings. The molecule has 4 atom stereocenters. The normalized spacial score (nSPS) is 21.9. The van der Waals surface area contributed by atoms with E-state index >= 15 is 0 Å². The van der Waals surface area contributed by atoms with Crippen LogP contribution in [-0.4, -0.2) is 92.1 Å². The zero-order chi connectivity index (χ0) is 33.6. The summed E-state index contributed by atoms with van der Waals surface area (Å²) in [6, 6.07) is 3.38. The summed E-state index contributed by atoms with van der Waals surface area (Å²) in [7, 11) is 0. The number of carboxylic acid groups (broad SMARTS) is 1. The number of fused-ring (bicyclic) bond motifs is 1. The molecule has 1 aromatic carbocycles. The predicted octanol–water partition coefficient (Wildman–Crippen LogP) is 5.93. The number of likely N-dealkylation sites (tertiary alicyclic amines) is 1. The summed E-state index contributed by atoms with van der Waals surface area (Å²) in [6.45, 7) is 3.78. The summed E-state index contributed by atoms with van der Waals surface area (Å²) in [6.07, 6.45) is -3.50. The number of rotatable bonds is 9. The highest BCUT2D eigenvalue weighted by molar-refractivity contribution is 6.35. The van der Waals surface area contributed by atoms with E-state index in [9.17, 15) is 31.5 Å². The Morgan fingerprint density at radius 3 is 2.57 bits per heavy atom. The van der Waals surface area contributed by atoms with Crippen LogP contribution in [0.15, 0.2) is 24.4 Å². The smallest absolute Gasteiger partial charge is 0.477 e. The lowest BCUT2D eigenvalue weighted by molar-refractivity contribution is -0.201. The summed E-state index contributed by atoms with van der Waals surface area (Å²) in [5, 5.41) is 14.5. The second kappa shape index (κ2) is 13.1. The molecule has 2 saturated heterocycles. The molecule has 250 valence electrons. The van der Waals surface area contributed by atoms with Crippen LogP contribution >= 0.6 is 23.2 Å². The summed E-state index contributed by atoms with van der Waals surface area (Å²) in [5.74, 6) is -8.90. The number of piperidine rings is 1. The number of anilines is 1. The number of alkyl halides is 5. The Morgan fingerprint density at radius 1 is 1.15 bits per heavy atom. The second-order valence-corrected chi connectivity index (χ2v) is 12.5. The Labute approximate surface area is 270 Å². The van der Waals surface area contributed by atoms with Gasteiger partial charge in [0.2, 0.25) is 0 Å². The number of hydrogen-bond acceptors (Lipinski definition) is 8. The van der Waals surface area contributed by atoms with Crippen molar-refractivity contribution in [3.05, 3.63) is 45.7 Å². The van der Waals surface area contributed by atoms with Crippen LogP contribution in [0.2, 0.25) is 10.0 Å². The van der Waals surface area contributed by atoms with Gasteiger partial charge in [-0.05, 0) is 57.4 Å². The van der Waals surface area contributed by atoms with Crippen molar-refractivity contribution in [2.75, 3.05) is 31.1 Å². The van der Waals surface area contributed by atoms with Crippen LogP contribution in [0.5, 0.6) is 0 Å². The van der Waals surface area contributed by atoms with Gasteiger partial charge in [-0.15, -0.1) is 0 Å². The van der Waals surface area contributed by atoms with Crippen LogP contribution < -0.4 is 4.90 Å². The van der Waals surface area contributed by atoms with Crippen molar-refractivity contribution in [3.8, 4) is 0 Å². The van der Waals surface area contributed by atoms with E-state index in [0.29, 0.717) is 65.1 Å². The first-order chi connectivity index (χ1) is 21.6. The molecule has 0 aliphatic carbocycles. The molecular weight excluding hydrogens is 662 g/mol. The lowest BCUT2D eigenvalue weighted by Gasteiger charge is -2.45. The molecule has 3 unspecified atom stereocenters. The fourth-order valence-corrected chi connectivity index (χ4v) is 6.99. The van der Waals surface area contributed by atoms with Gasteiger partial charge in [-0.25, -0.2) is 24.2 Å². The molecule has 46 heavy (non-hydrogen) atoms. The Bertz CT molecular complexity index is 1620. The van der Waals surface area contributed by atoms with E-state index in [-0.39, 0.29) is 12.6 Å². The van der Waals surface area contributed by atoms with Crippen molar-refractivity contribution in [2.24, 2.45) is 5.92 Å². The number of aliphatic carboxylic acids is 1. The third-order valence-electron chi connectivity index (χ3n) is 8.67. The SMILES string of the molecule is Cc1nn([C@H](C)c2ccc(Cl)cc2Cl)c2nc(N3CCC(N4CCCC4CC(F)(F)C(=O)O)C(COC(=O)C(F)(F)F)C3)cnc12. The molecule has 2 aromatic heterocycles. The molecule has 10 nitrogen and oxygen atoms in total. The van der Waals surface area contributed by atoms with E-state index < -0.39 is 55.1 Å². The Balaban J connectivity index is 1.43. The van der Waals surface area contributed by atoms with Crippen molar-refractivity contribution < 1.29 is 41.4 Å². The minimum atomic E-state index is -5.21. The Hall–Kier alpha value is -3.30. The molecule has 0 radical (unpaired) electrons. The maximum atomic E-state index is 14.2. The standard InChI is InChI=1S/C29H31Cl2F5N6O4/c1-15-24-25(42(39-15)16(2)20-6-5-18(30)10-21(20)31)38-23(12-37-24)40-9-7-22(17(13-40)14-46-27(45)29(34,35)36)41-8-3-4-19(41)11-28(32,33)26(43)44/h5-6,10,12,16-17,19,22H,3-4,7-9,11,13-14H2,1-2H3,(H,43,44)/t16-,17?,19?,22?/m1/s1. The molecule has 4 heterocycles. The number of esters is 1. The van der Waals surface area contributed by atoms with Gasteiger partial charge in [0.25, 0.3) is 0 Å². The number of nitrogens with zero attached hydrogens (tertiary/aromatic N) is 6. The minimum absolute atomic E-state index is 0.0697. The highest BCUT2D eigenvalue weighted by Crippen LogP contribution is 2.37. The fraction of sp³-hybridized carbons (Fsp3) is 0.552. The summed E-state index contributed by atoms with van der Waals surface area (Å²) in [5.41, 5.74) is 2.32. The first-order valence-corrected chi connectivity index (χ1v) is 15.3. The topological polar surface area (TPSA) is 114 Å². The number of benzene rings is 1. The number of aromatic nitrogens is 4. The van der Waals surface area contributed by atoms with Crippen molar-refractivity contribution in [1.82, 2.24) is 24.6 Å². The number of carbonyl (C=O) groups excluding carboxylic acids is 1. The van der Waals surface area contributed by atoms with E-state index in [1.165, 1.54) is 6.20 Å². The van der Waals surface area contributed by atoms with Crippen LogP contribution in [0.3, 0.4) is 0 Å².